The maximum Gasteiger partial charge on any atom is 0.326 e. The van der Waals surface area contributed by atoms with Gasteiger partial charge in [0.25, 0.3) is 5.91 Å². The van der Waals surface area contributed by atoms with Crippen molar-refractivity contribution in [1.29, 1.82) is 0 Å². The predicted octanol–water partition coefficient (Wildman–Crippen LogP) is 1.27. The number of carbonyl (C=O) groups is 1. The maximum atomic E-state index is 12.8. The Balaban J connectivity index is 2.84. The molecule has 0 aliphatic rings. The summed E-state index contributed by atoms with van der Waals surface area (Å²) in [6, 6.07) is 6.13. The highest BCUT2D eigenvalue weighted by Gasteiger charge is 2.39. The molecule has 24 heavy (non-hydrogen) atoms. The number of methoxy groups -OCH3 is 1. The first kappa shape index (κ1) is 20.5. The number of unbranched alkanes of at least 4 members (excludes halogenated alkanes) is 3. The standard InChI is InChI=1S/C15H25N3O5S/c1-23-13-6-8-14(9-7-13)24(21,22)18(12-15(19)17-20)11-5-3-2-4-10-16/h6-9H,2-5,10-12,16H2,1H3,(H2-,17,19,20,21,22)/p+1. The minimum absolute atomic E-state index is 0.177. The molecule has 9 heteroatoms. The summed E-state index contributed by atoms with van der Waals surface area (Å²) < 4.78 is 29.5. The third-order valence-corrected chi connectivity index (χ3v) is 5.42. The molecule has 0 saturated heterocycles. The highest BCUT2D eigenvalue weighted by Crippen LogP contribution is 2.24. The van der Waals surface area contributed by atoms with E-state index >= 15 is 0 Å². The van der Waals surface area contributed by atoms with E-state index in [1.54, 1.807) is 12.1 Å². The molecule has 0 heterocycles. The van der Waals surface area contributed by atoms with E-state index in [2.05, 4.69) is 0 Å². The molecule has 1 atom stereocenters. The molecule has 0 aliphatic carbocycles. The van der Waals surface area contributed by atoms with Crippen molar-refractivity contribution in [3.63, 3.8) is 0 Å². The molecule has 0 spiro atoms. The van der Waals surface area contributed by atoms with Crippen LogP contribution >= 0.6 is 0 Å². The molecule has 1 rings (SSSR count). The lowest BCUT2D eigenvalue weighted by Gasteiger charge is -2.19. The first-order valence-corrected chi connectivity index (χ1v) is 9.21. The molecule has 1 aromatic rings. The summed E-state index contributed by atoms with van der Waals surface area (Å²) in [5, 5.41) is 8.70. The van der Waals surface area contributed by atoms with E-state index in [1.807, 2.05) is 0 Å². The summed E-state index contributed by atoms with van der Waals surface area (Å²) in [5.41, 5.74) is 6.93. The minimum Gasteiger partial charge on any atom is -0.497 e. The zero-order chi connectivity index (χ0) is 18.0. The third-order valence-electron chi connectivity index (χ3n) is 3.52. The van der Waals surface area contributed by atoms with Crippen LogP contribution in [0.4, 0.5) is 0 Å². The number of amides is 1. The second-order valence-corrected chi connectivity index (χ2v) is 7.25. The Kier molecular flexibility index (Phi) is 8.87. The molecule has 0 radical (unpaired) electrons. The van der Waals surface area contributed by atoms with Crippen LogP contribution in [0.25, 0.3) is 0 Å². The number of hydrogen-bond donors (Lipinski definition) is 4. The van der Waals surface area contributed by atoms with E-state index in [0.29, 0.717) is 18.7 Å². The number of hydroxylamine groups is 1. The van der Waals surface area contributed by atoms with Gasteiger partial charge >= 0.3 is 10.4 Å². The van der Waals surface area contributed by atoms with Crippen LogP contribution in [0.2, 0.25) is 0 Å². The van der Waals surface area contributed by atoms with Crippen LogP contribution in [0.1, 0.15) is 25.7 Å². The van der Waals surface area contributed by atoms with Gasteiger partial charge in [0.2, 0.25) is 4.90 Å². The van der Waals surface area contributed by atoms with Gasteiger partial charge in [0.05, 0.1) is 7.11 Å². The van der Waals surface area contributed by atoms with Gasteiger partial charge in [-0.3, -0.25) is 10.0 Å². The number of hydrogen-bond acceptors (Lipinski definition) is 5. The summed E-state index contributed by atoms with van der Waals surface area (Å²) in [7, 11) is -2.09. The van der Waals surface area contributed by atoms with Gasteiger partial charge in [-0.15, -0.1) is 0 Å². The van der Waals surface area contributed by atoms with Gasteiger partial charge in [0.15, 0.2) is 0 Å². The first-order chi connectivity index (χ1) is 11.5. The fraction of sp³-hybridized carbons (Fsp3) is 0.533. The van der Waals surface area contributed by atoms with Gasteiger partial charge in [0.1, 0.15) is 12.3 Å². The molecule has 136 valence electrons. The van der Waals surface area contributed by atoms with E-state index in [1.165, 1.54) is 29.0 Å². The van der Waals surface area contributed by atoms with Crippen molar-refractivity contribution in [3.05, 3.63) is 24.3 Å². The minimum atomic E-state index is -3.59. The van der Waals surface area contributed by atoms with Gasteiger partial charge in [-0.2, -0.15) is 4.55 Å². The number of ether oxygens (including phenoxy) is 1. The number of carbonyl (C=O) groups excluding carboxylic acids is 1. The Hall–Kier alpha value is -1.52. The topological polar surface area (TPSA) is 125 Å². The smallest absolute Gasteiger partial charge is 0.326 e. The van der Waals surface area contributed by atoms with Crippen molar-refractivity contribution < 1.29 is 23.5 Å². The van der Waals surface area contributed by atoms with Gasteiger partial charge in [0, 0.05) is 18.7 Å². The molecule has 0 fully saturated rings. The number of rotatable bonds is 11. The van der Waals surface area contributed by atoms with E-state index < -0.39 is 16.3 Å². The van der Waals surface area contributed by atoms with E-state index in [-0.39, 0.29) is 18.0 Å². The fourth-order valence-corrected chi connectivity index (χ4v) is 3.63. The normalized spacial score (nSPS) is 13.5. The van der Waals surface area contributed by atoms with Gasteiger partial charge < -0.3 is 10.5 Å². The van der Waals surface area contributed by atoms with Gasteiger partial charge in [-0.05, 0) is 35.7 Å². The largest absolute Gasteiger partial charge is 0.497 e. The lowest BCUT2D eigenvalue weighted by Crippen LogP contribution is -2.43. The number of nitrogens with zero attached hydrogens (tertiary/aromatic N) is 1. The molecular weight excluding hydrogens is 334 g/mol. The quantitative estimate of drug-likeness (QED) is 0.204. The monoisotopic (exact) mass is 360 g/mol. The van der Waals surface area contributed by atoms with Gasteiger partial charge in [-0.1, -0.05) is 17.1 Å². The molecule has 1 aromatic carbocycles. The van der Waals surface area contributed by atoms with Crippen molar-refractivity contribution in [1.82, 2.24) is 9.79 Å². The molecule has 0 aromatic heterocycles. The Morgan fingerprint density at radius 3 is 2.42 bits per heavy atom. The summed E-state index contributed by atoms with van der Waals surface area (Å²) in [4.78, 5) is 11.6. The van der Waals surface area contributed by atoms with Crippen molar-refractivity contribution >= 4 is 16.3 Å². The Morgan fingerprint density at radius 2 is 1.88 bits per heavy atom. The third kappa shape index (κ3) is 6.17. The molecule has 0 aliphatic heterocycles. The van der Waals surface area contributed by atoms with Crippen molar-refractivity contribution in [2.75, 3.05) is 26.7 Å². The van der Waals surface area contributed by atoms with E-state index in [0.717, 1.165) is 19.3 Å². The Labute approximate surface area is 143 Å². The van der Waals surface area contributed by atoms with Crippen LogP contribution in [-0.4, -0.2) is 46.7 Å². The van der Waals surface area contributed by atoms with E-state index in [4.69, 9.17) is 15.7 Å². The maximum absolute atomic E-state index is 12.8. The molecule has 0 saturated carbocycles. The molecule has 8 nitrogen and oxygen atoms in total. The number of nitrogens with one attached hydrogen (secondary N) is 1. The van der Waals surface area contributed by atoms with Crippen LogP contribution in [0, 0.1) is 0 Å². The molecule has 1 unspecified atom stereocenters. The predicted molar refractivity (Wildman–Crippen MR) is 91.0 cm³/mol. The van der Waals surface area contributed by atoms with Crippen LogP contribution in [0.5, 0.6) is 5.75 Å². The molecule has 1 amide bonds. The molecule has 0 bridgehead atoms. The highest BCUT2D eigenvalue weighted by atomic mass is 32.3. The van der Waals surface area contributed by atoms with Crippen molar-refractivity contribution in [2.24, 2.45) is 5.73 Å². The summed E-state index contributed by atoms with van der Waals surface area (Å²) in [6.07, 6.45) is 3.30. The second-order valence-electron chi connectivity index (χ2n) is 5.27. The second kappa shape index (κ2) is 10.4. The lowest BCUT2D eigenvalue weighted by atomic mass is 10.2. The summed E-state index contributed by atoms with van der Waals surface area (Å²) >= 11 is 0. The Morgan fingerprint density at radius 1 is 1.25 bits per heavy atom. The number of benzene rings is 1. The average molecular weight is 360 g/mol. The van der Waals surface area contributed by atoms with Crippen LogP contribution in [0.15, 0.2) is 29.2 Å². The van der Waals surface area contributed by atoms with E-state index in [9.17, 15) is 13.6 Å². The Bertz CT molecular complexity index is 553. The SMILES string of the molecule is COc1ccc([S+](=O)(O)N(CCCCCCN)CC(=O)NO)cc1. The van der Waals surface area contributed by atoms with Gasteiger partial charge in [-0.25, -0.2) is 5.48 Å². The fourth-order valence-electron chi connectivity index (χ4n) is 2.17. The van der Waals surface area contributed by atoms with Crippen LogP contribution < -0.4 is 16.0 Å². The van der Waals surface area contributed by atoms with Crippen molar-refractivity contribution in [3.8, 4) is 5.75 Å². The zero-order valence-electron chi connectivity index (χ0n) is 13.8. The molecule has 5 N–H and O–H groups in total. The summed E-state index contributed by atoms with van der Waals surface area (Å²) in [5.74, 6) is -0.178. The van der Waals surface area contributed by atoms with Crippen LogP contribution in [0.3, 0.4) is 0 Å². The van der Waals surface area contributed by atoms with Crippen molar-refractivity contribution in [2.45, 2.75) is 30.6 Å². The first-order valence-electron chi connectivity index (χ1n) is 7.74. The summed E-state index contributed by atoms with van der Waals surface area (Å²) in [6.45, 7) is 0.479. The highest BCUT2D eigenvalue weighted by molar-refractivity contribution is 7.95. The lowest BCUT2D eigenvalue weighted by molar-refractivity contribution is -0.129. The number of nitrogens with two attached hydrogens (primary N) is 1. The zero-order valence-corrected chi connectivity index (χ0v) is 14.6. The van der Waals surface area contributed by atoms with Crippen LogP contribution in [-0.2, 0) is 19.4 Å². The average Bonchev–Trinajstić information content (AvgIpc) is 2.60. The molecular formula is C15H26N3O5S+.